The molecule has 4 aromatic rings. The Labute approximate surface area is 252 Å². The molecule has 0 fully saturated rings. The van der Waals surface area contributed by atoms with E-state index in [4.69, 9.17) is 18.9 Å². The maximum Gasteiger partial charge on any atom is 0.162 e. The van der Waals surface area contributed by atoms with Crippen LogP contribution in [-0.2, 0) is 13.2 Å². The van der Waals surface area contributed by atoms with E-state index in [1.54, 1.807) is 0 Å². The molecule has 2 aliphatic rings. The van der Waals surface area contributed by atoms with Crippen molar-refractivity contribution in [1.29, 1.82) is 0 Å². The van der Waals surface area contributed by atoms with Gasteiger partial charge < -0.3 is 18.9 Å². The van der Waals surface area contributed by atoms with Crippen molar-refractivity contribution in [3.63, 3.8) is 0 Å². The standard InChI is InChI=1S/C36H40O4P2/c1-35(2,3)41-31-27(37-23-25-15-9-7-10-16-25)19-13-21-29(31)39-33(41)34-40-30-22-14-20-28(32(30)42(34)36(4,5)6)38-24-26-17-11-8-12-18-26/h7-22,33-34H,23-24H2,1-6H3/t33?,34?,41-,42-/m0/s1. The lowest BCUT2D eigenvalue weighted by atomic mass is 10.2. The zero-order valence-electron chi connectivity index (χ0n) is 25.3. The van der Waals surface area contributed by atoms with Gasteiger partial charge in [0.1, 0.15) is 36.2 Å². The van der Waals surface area contributed by atoms with Crippen LogP contribution in [0, 0.1) is 0 Å². The van der Waals surface area contributed by atoms with Gasteiger partial charge >= 0.3 is 0 Å². The lowest BCUT2D eigenvalue weighted by molar-refractivity contribution is 0.171. The smallest absolute Gasteiger partial charge is 0.162 e. The molecule has 0 radical (unpaired) electrons. The molecule has 0 spiro atoms. The molecule has 6 heteroatoms. The van der Waals surface area contributed by atoms with Gasteiger partial charge in [-0.3, -0.25) is 0 Å². The number of benzene rings is 4. The zero-order valence-corrected chi connectivity index (χ0v) is 27.1. The molecular weight excluding hydrogens is 558 g/mol. The van der Waals surface area contributed by atoms with Crippen LogP contribution in [0.4, 0.5) is 0 Å². The van der Waals surface area contributed by atoms with Gasteiger partial charge in [-0.25, -0.2) is 0 Å². The van der Waals surface area contributed by atoms with E-state index in [0.29, 0.717) is 13.2 Å². The van der Waals surface area contributed by atoms with Gasteiger partial charge in [0.2, 0.25) is 0 Å². The molecule has 0 bridgehead atoms. The maximum absolute atomic E-state index is 6.95. The van der Waals surface area contributed by atoms with Crippen LogP contribution in [0.2, 0.25) is 0 Å². The Morgan fingerprint density at radius 1 is 0.524 bits per heavy atom. The average Bonchev–Trinajstić information content (AvgIpc) is 3.56. The molecule has 2 unspecified atom stereocenters. The van der Waals surface area contributed by atoms with Crippen molar-refractivity contribution in [2.45, 2.75) is 76.8 Å². The molecule has 42 heavy (non-hydrogen) atoms. The molecule has 0 saturated heterocycles. The van der Waals surface area contributed by atoms with E-state index in [1.807, 2.05) is 24.3 Å². The minimum absolute atomic E-state index is 0.0267. The first-order chi connectivity index (χ1) is 20.1. The molecule has 4 atom stereocenters. The quantitative estimate of drug-likeness (QED) is 0.199. The average molecular weight is 599 g/mol. The summed E-state index contributed by atoms with van der Waals surface area (Å²) < 4.78 is 26.9. The fourth-order valence-corrected chi connectivity index (χ4v) is 12.5. The number of ether oxygens (including phenoxy) is 4. The normalized spacial score (nSPS) is 21.2. The van der Waals surface area contributed by atoms with Gasteiger partial charge in [-0.15, -0.1) is 0 Å². The van der Waals surface area contributed by atoms with Crippen molar-refractivity contribution in [3.8, 4) is 23.0 Å². The molecule has 2 heterocycles. The molecule has 2 aliphatic heterocycles. The van der Waals surface area contributed by atoms with Gasteiger partial charge in [-0.2, -0.15) is 0 Å². The highest BCUT2D eigenvalue weighted by molar-refractivity contribution is 7.72. The first-order valence-corrected chi connectivity index (χ1v) is 17.4. The van der Waals surface area contributed by atoms with Crippen molar-refractivity contribution < 1.29 is 18.9 Å². The molecular formula is C36H40O4P2. The van der Waals surface area contributed by atoms with Gasteiger partial charge in [0.05, 0.1) is 10.6 Å². The van der Waals surface area contributed by atoms with Crippen molar-refractivity contribution in [1.82, 2.24) is 0 Å². The summed E-state index contributed by atoms with van der Waals surface area (Å²) in [5.41, 5.74) is 2.30. The van der Waals surface area contributed by atoms with Gasteiger partial charge in [0.25, 0.3) is 0 Å². The Morgan fingerprint density at radius 3 is 1.26 bits per heavy atom. The van der Waals surface area contributed by atoms with E-state index < -0.39 is 15.8 Å². The fraction of sp³-hybridized carbons (Fsp3) is 0.333. The zero-order chi connectivity index (χ0) is 29.5. The summed E-state index contributed by atoms with van der Waals surface area (Å²) in [6.45, 7) is 15.0. The van der Waals surface area contributed by atoms with Crippen LogP contribution < -0.4 is 29.6 Å². The largest absolute Gasteiger partial charge is 0.488 e. The third-order valence-electron chi connectivity index (χ3n) is 7.57. The van der Waals surface area contributed by atoms with Gasteiger partial charge in [0.15, 0.2) is 11.7 Å². The van der Waals surface area contributed by atoms with Crippen LogP contribution in [0.25, 0.3) is 0 Å². The molecule has 218 valence electrons. The fourth-order valence-electron chi connectivity index (χ4n) is 5.80. The van der Waals surface area contributed by atoms with E-state index in [0.717, 1.165) is 34.1 Å². The number of hydrogen-bond donors (Lipinski definition) is 0. The van der Waals surface area contributed by atoms with Crippen molar-refractivity contribution >= 4 is 26.5 Å². The highest BCUT2D eigenvalue weighted by Gasteiger charge is 2.55. The lowest BCUT2D eigenvalue weighted by Gasteiger charge is -2.39. The maximum atomic E-state index is 6.95. The van der Waals surface area contributed by atoms with E-state index in [-0.39, 0.29) is 22.0 Å². The molecule has 0 amide bonds. The van der Waals surface area contributed by atoms with Crippen molar-refractivity contribution in [3.05, 3.63) is 108 Å². The van der Waals surface area contributed by atoms with Crippen molar-refractivity contribution in [2.24, 2.45) is 0 Å². The summed E-state index contributed by atoms with van der Waals surface area (Å²) in [7, 11) is -1.61. The second-order valence-electron chi connectivity index (χ2n) is 12.9. The van der Waals surface area contributed by atoms with Crippen LogP contribution in [-0.4, -0.2) is 22.0 Å². The Morgan fingerprint density at radius 2 is 0.905 bits per heavy atom. The van der Waals surface area contributed by atoms with E-state index >= 15 is 0 Å². The first kappa shape index (κ1) is 29.0. The Kier molecular flexibility index (Phi) is 7.99. The second kappa shape index (κ2) is 11.6. The SMILES string of the molecule is CC(C)(C)[P@@]1c2c(OCc3ccccc3)cccc2OC1C1Oc2cccc(OCc3ccccc3)c2[P@]1C(C)(C)C. The minimum Gasteiger partial charge on any atom is -0.488 e. The molecule has 0 aliphatic carbocycles. The van der Waals surface area contributed by atoms with Gasteiger partial charge in [-0.05, 0) is 61.5 Å². The Hall–Kier alpha value is -3.06. The first-order valence-electron chi connectivity index (χ1n) is 14.6. The van der Waals surface area contributed by atoms with E-state index in [2.05, 4.69) is 114 Å². The van der Waals surface area contributed by atoms with Crippen LogP contribution in [0.3, 0.4) is 0 Å². The third kappa shape index (κ3) is 5.77. The summed E-state index contributed by atoms with van der Waals surface area (Å²) in [6.07, 6.45) is 0. The summed E-state index contributed by atoms with van der Waals surface area (Å²) in [4.78, 5) is 0. The van der Waals surface area contributed by atoms with Crippen LogP contribution >= 0.6 is 15.8 Å². The Bertz CT molecular complexity index is 1410. The molecule has 0 saturated carbocycles. The summed E-state index contributed by atoms with van der Waals surface area (Å²) in [6, 6.07) is 33.2. The molecule has 6 rings (SSSR count). The predicted molar refractivity (Wildman–Crippen MR) is 176 cm³/mol. The highest BCUT2D eigenvalue weighted by Crippen LogP contribution is 2.69. The second-order valence-corrected chi connectivity index (χ2v) is 18.9. The Balaban J connectivity index is 1.35. The molecule has 0 N–H and O–H groups in total. The summed E-state index contributed by atoms with van der Waals surface area (Å²) in [5.74, 6) is 3.49. The third-order valence-corrected chi connectivity index (χ3v) is 14.3. The van der Waals surface area contributed by atoms with Crippen LogP contribution in [0.5, 0.6) is 23.0 Å². The topological polar surface area (TPSA) is 36.9 Å². The lowest BCUT2D eigenvalue weighted by Crippen LogP contribution is -2.38. The molecule has 4 aromatic carbocycles. The molecule has 0 aromatic heterocycles. The number of rotatable bonds is 7. The van der Waals surface area contributed by atoms with Gasteiger partial charge in [-0.1, -0.05) is 114 Å². The minimum atomic E-state index is -0.805. The molecule has 4 nitrogen and oxygen atoms in total. The van der Waals surface area contributed by atoms with E-state index in [9.17, 15) is 0 Å². The number of hydrogen-bond acceptors (Lipinski definition) is 4. The number of fused-ring (bicyclic) bond motifs is 2. The van der Waals surface area contributed by atoms with Gasteiger partial charge in [0, 0.05) is 0 Å². The summed E-state index contributed by atoms with van der Waals surface area (Å²) in [5, 5.41) is 2.37. The predicted octanol–water partition coefficient (Wildman–Crippen LogP) is 8.79. The van der Waals surface area contributed by atoms with Crippen LogP contribution in [0.15, 0.2) is 97.1 Å². The monoisotopic (exact) mass is 598 g/mol. The summed E-state index contributed by atoms with van der Waals surface area (Å²) >= 11 is 0. The highest BCUT2D eigenvalue weighted by atomic mass is 31.1. The van der Waals surface area contributed by atoms with E-state index in [1.165, 1.54) is 10.6 Å². The van der Waals surface area contributed by atoms with Crippen LogP contribution in [0.1, 0.15) is 52.7 Å². The van der Waals surface area contributed by atoms with Crippen molar-refractivity contribution in [2.75, 3.05) is 0 Å².